The maximum Gasteiger partial charge on any atom is 0.0736 e. The molecule has 0 aromatic carbocycles. The van der Waals surface area contributed by atoms with Gasteiger partial charge in [-0.05, 0) is 39.0 Å². The van der Waals surface area contributed by atoms with E-state index in [1.54, 1.807) is 0 Å². The summed E-state index contributed by atoms with van der Waals surface area (Å²) in [6.45, 7) is 2.47. The van der Waals surface area contributed by atoms with Crippen LogP contribution in [0.2, 0.25) is 0 Å². The molecule has 0 aromatic rings. The smallest absolute Gasteiger partial charge is 0.0736 e. The molecule has 2 aliphatic rings. The van der Waals surface area contributed by atoms with Crippen LogP contribution in [0, 0.1) is 5.92 Å². The molecule has 1 aliphatic heterocycles. The first kappa shape index (κ1) is 9.47. The first-order valence-electron chi connectivity index (χ1n) is 5.55. The number of hydrogen-bond acceptors (Lipinski definition) is 2. The summed E-state index contributed by atoms with van der Waals surface area (Å²) >= 11 is 0. The van der Waals surface area contributed by atoms with E-state index in [1.165, 1.54) is 32.1 Å². The fourth-order valence-corrected chi connectivity index (χ4v) is 3.06. The van der Waals surface area contributed by atoms with Gasteiger partial charge in [0.15, 0.2) is 0 Å². The second-order valence-corrected chi connectivity index (χ2v) is 4.66. The molecule has 1 spiro atoms. The molecule has 76 valence electrons. The zero-order valence-corrected chi connectivity index (χ0v) is 8.46. The van der Waals surface area contributed by atoms with E-state index < -0.39 is 0 Å². The molecule has 0 aromatic heterocycles. The minimum atomic E-state index is 0.0619. The van der Waals surface area contributed by atoms with Crippen LogP contribution in [0.25, 0.3) is 0 Å². The van der Waals surface area contributed by atoms with Gasteiger partial charge in [0.1, 0.15) is 0 Å². The molecule has 1 aliphatic carbocycles. The van der Waals surface area contributed by atoms with Crippen molar-refractivity contribution in [3.63, 3.8) is 0 Å². The number of aliphatic hydroxyl groups is 1. The van der Waals surface area contributed by atoms with Crippen molar-refractivity contribution in [2.45, 2.75) is 57.2 Å². The minimum absolute atomic E-state index is 0.0619. The van der Waals surface area contributed by atoms with Gasteiger partial charge in [0, 0.05) is 12.5 Å². The molecule has 0 amide bonds. The molecule has 1 heterocycles. The van der Waals surface area contributed by atoms with Crippen molar-refractivity contribution >= 4 is 0 Å². The van der Waals surface area contributed by atoms with Crippen LogP contribution in [0.15, 0.2) is 0 Å². The molecule has 1 N–H and O–H groups in total. The van der Waals surface area contributed by atoms with Gasteiger partial charge in [-0.15, -0.1) is 0 Å². The highest BCUT2D eigenvalue weighted by atomic mass is 16.5. The first-order valence-corrected chi connectivity index (χ1v) is 5.55. The van der Waals surface area contributed by atoms with Crippen molar-refractivity contribution in [1.82, 2.24) is 0 Å². The maximum atomic E-state index is 9.29. The Hall–Kier alpha value is -0.0800. The lowest BCUT2D eigenvalue weighted by molar-refractivity contribution is -0.148. The van der Waals surface area contributed by atoms with Gasteiger partial charge in [-0.3, -0.25) is 0 Å². The molecule has 0 radical (unpaired) electrons. The Morgan fingerprint density at radius 1 is 1.31 bits per heavy atom. The van der Waals surface area contributed by atoms with Gasteiger partial charge in [0.2, 0.25) is 0 Å². The third-order valence-corrected chi connectivity index (χ3v) is 3.76. The first-order chi connectivity index (χ1) is 6.27. The second-order valence-electron chi connectivity index (χ2n) is 4.66. The largest absolute Gasteiger partial charge is 0.396 e. The van der Waals surface area contributed by atoms with E-state index in [1.807, 2.05) is 0 Å². The van der Waals surface area contributed by atoms with E-state index in [-0.39, 0.29) is 5.60 Å². The van der Waals surface area contributed by atoms with Crippen LogP contribution in [0.1, 0.15) is 45.4 Å². The summed E-state index contributed by atoms with van der Waals surface area (Å²) in [5, 5.41) is 9.29. The van der Waals surface area contributed by atoms with Gasteiger partial charge in [0.05, 0.1) is 11.7 Å². The van der Waals surface area contributed by atoms with Crippen LogP contribution in [-0.2, 0) is 4.74 Å². The van der Waals surface area contributed by atoms with Crippen molar-refractivity contribution in [2.75, 3.05) is 6.61 Å². The van der Waals surface area contributed by atoms with Gasteiger partial charge < -0.3 is 9.84 Å². The Kier molecular flexibility index (Phi) is 2.61. The molecule has 1 saturated heterocycles. The van der Waals surface area contributed by atoms with Crippen LogP contribution in [0.4, 0.5) is 0 Å². The number of aliphatic hydroxyl groups excluding tert-OH is 1. The van der Waals surface area contributed by atoms with E-state index >= 15 is 0 Å². The Morgan fingerprint density at radius 3 is 2.62 bits per heavy atom. The van der Waals surface area contributed by atoms with Crippen molar-refractivity contribution in [1.29, 1.82) is 0 Å². The average Bonchev–Trinajstić information content (AvgIpc) is 2.47. The summed E-state index contributed by atoms with van der Waals surface area (Å²) in [5.41, 5.74) is 0.0619. The summed E-state index contributed by atoms with van der Waals surface area (Å²) in [6, 6.07) is 0. The third kappa shape index (κ3) is 1.62. The van der Waals surface area contributed by atoms with Gasteiger partial charge in [-0.2, -0.15) is 0 Å². The summed E-state index contributed by atoms with van der Waals surface area (Å²) in [4.78, 5) is 0. The van der Waals surface area contributed by atoms with Gasteiger partial charge >= 0.3 is 0 Å². The quantitative estimate of drug-likeness (QED) is 0.676. The van der Waals surface area contributed by atoms with Crippen LogP contribution < -0.4 is 0 Å². The highest BCUT2D eigenvalue weighted by Crippen LogP contribution is 2.45. The Morgan fingerprint density at radius 2 is 2.00 bits per heavy atom. The van der Waals surface area contributed by atoms with Crippen LogP contribution >= 0.6 is 0 Å². The molecule has 2 fully saturated rings. The lowest BCUT2D eigenvalue weighted by atomic mass is 9.83. The lowest BCUT2D eigenvalue weighted by Crippen LogP contribution is -2.44. The van der Waals surface area contributed by atoms with E-state index in [4.69, 9.17) is 4.74 Å². The standard InChI is InChI=1S/C11H20O2/c1-9-4-2-6-11(13-9)7-3-5-10(11)8-12/h9-10,12H,2-8H2,1H3/t9-,10-,11-/m0/s1. The second kappa shape index (κ2) is 3.58. The van der Waals surface area contributed by atoms with Crippen molar-refractivity contribution in [3.8, 4) is 0 Å². The van der Waals surface area contributed by atoms with Crippen molar-refractivity contribution in [3.05, 3.63) is 0 Å². The summed E-state index contributed by atoms with van der Waals surface area (Å²) in [7, 11) is 0. The molecule has 3 atom stereocenters. The highest BCUT2D eigenvalue weighted by Gasteiger charge is 2.45. The predicted molar refractivity (Wildman–Crippen MR) is 51.6 cm³/mol. The van der Waals surface area contributed by atoms with Crippen LogP contribution in [0.3, 0.4) is 0 Å². The molecular weight excluding hydrogens is 164 g/mol. The van der Waals surface area contributed by atoms with E-state index in [0.717, 1.165) is 6.42 Å². The monoisotopic (exact) mass is 184 g/mol. The molecule has 1 saturated carbocycles. The number of ether oxygens (including phenoxy) is 1. The van der Waals surface area contributed by atoms with Gasteiger partial charge in [-0.25, -0.2) is 0 Å². The highest BCUT2D eigenvalue weighted by molar-refractivity contribution is 4.96. The van der Waals surface area contributed by atoms with E-state index in [2.05, 4.69) is 6.92 Å². The number of hydrogen-bond donors (Lipinski definition) is 1. The normalized spacial score (nSPS) is 45.7. The van der Waals surface area contributed by atoms with Crippen molar-refractivity contribution in [2.24, 2.45) is 5.92 Å². The van der Waals surface area contributed by atoms with E-state index in [0.29, 0.717) is 18.6 Å². The lowest BCUT2D eigenvalue weighted by Gasteiger charge is -2.41. The fraction of sp³-hybridized carbons (Fsp3) is 1.00. The summed E-state index contributed by atoms with van der Waals surface area (Å²) < 4.78 is 6.08. The molecule has 13 heavy (non-hydrogen) atoms. The fourth-order valence-electron chi connectivity index (χ4n) is 3.06. The minimum Gasteiger partial charge on any atom is -0.396 e. The topological polar surface area (TPSA) is 29.5 Å². The molecular formula is C11H20O2. The number of rotatable bonds is 1. The predicted octanol–water partition coefficient (Wildman–Crippen LogP) is 2.11. The third-order valence-electron chi connectivity index (χ3n) is 3.76. The molecule has 2 heteroatoms. The zero-order valence-electron chi connectivity index (χ0n) is 8.46. The molecule has 2 nitrogen and oxygen atoms in total. The summed E-state index contributed by atoms with van der Waals surface area (Å²) in [6.07, 6.45) is 7.60. The average molecular weight is 184 g/mol. The Balaban J connectivity index is 2.08. The van der Waals surface area contributed by atoms with Crippen LogP contribution in [-0.4, -0.2) is 23.4 Å². The molecule has 0 unspecified atom stereocenters. The Bertz CT molecular complexity index is 181. The van der Waals surface area contributed by atoms with Crippen LogP contribution in [0.5, 0.6) is 0 Å². The zero-order chi connectivity index (χ0) is 9.31. The van der Waals surface area contributed by atoms with Crippen molar-refractivity contribution < 1.29 is 9.84 Å². The molecule has 2 rings (SSSR count). The van der Waals surface area contributed by atoms with Gasteiger partial charge in [0.25, 0.3) is 0 Å². The van der Waals surface area contributed by atoms with Gasteiger partial charge in [-0.1, -0.05) is 6.42 Å². The Labute approximate surface area is 80.3 Å². The SMILES string of the molecule is C[C@H]1CCC[C@@]2(CCC[C@H]2CO)O1. The molecule has 0 bridgehead atoms. The summed E-state index contributed by atoms with van der Waals surface area (Å²) in [5.74, 6) is 0.412. The maximum absolute atomic E-state index is 9.29. The van der Waals surface area contributed by atoms with E-state index in [9.17, 15) is 5.11 Å².